The first-order valence-corrected chi connectivity index (χ1v) is 16.2. The van der Waals surface area contributed by atoms with E-state index in [9.17, 15) is 18.0 Å². The second-order valence-electron chi connectivity index (χ2n) is 9.89. The molecule has 0 fully saturated rings. The van der Waals surface area contributed by atoms with Crippen molar-refractivity contribution in [3.8, 4) is 17.2 Å². The molecule has 3 aromatic rings. The molecule has 0 radical (unpaired) electrons. The average molecular weight is 646 g/mol. The number of nitrogens with zero attached hydrogens (tertiary/aromatic N) is 2. The largest absolute Gasteiger partial charge is 0.494 e. The molecule has 10 nitrogen and oxygen atoms in total. The number of hydrogen-bond donors (Lipinski definition) is 1. The molecule has 1 atom stereocenters. The summed E-state index contributed by atoms with van der Waals surface area (Å²) in [5.41, 5.74) is 0.848. The van der Waals surface area contributed by atoms with Crippen LogP contribution in [0.15, 0.2) is 71.6 Å². The third kappa shape index (κ3) is 8.57. The highest BCUT2D eigenvalue weighted by Crippen LogP contribution is 2.33. The van der Waals surface area contributed by atoms with E-state index < -0.39 is 28.5 Å². The van der Waals surface area contributed by atoms with Gasteiger partial charge >= 0.3 is 0 Å². The van der Waals surface area contributed by atoms with E-state index >= 15 is 0 Å². The maximum absolute atomic E-state index is 14.2. The van der Waals surface area contributed by atoms with Gasteiger partial charge in [0.2, 0.25) is 11.8 Å². The van der Waals surface area contributed by atoms with E-state index in [2.05, 4.69) is 5.32 Å². The van der Waals surface area contributed by atoms with Gasteiger partial charge in [-0.15, -0.1) is 0 Å². The zero-order chi connectivity index (χ0) is 32.3. The predicted octanol–water partition coefficient (Wildman–Crippen LogP) is 5.28. The number of amides is 2. The minimum atomic E-state index is -4.33. The van der Waals surface area contributed by atoms with Crippen LogP contribution in [0.2, 0.25) is 5.02 Å². The highest BCUT2D eigenvalue weighted by molar-refractivity contribution is 7.92. The number of anilines is 1. The van der Waals surface area contributed by atoms with Crippen LogP contribution in [-0.2, 0) is 26.2 Å². The van der Waals surface area contributed by atoms with Gasteiger partial charge in [-0.05, 0) is 68.3 Å². The molecule has 0 bridgehead atoms. The van der Waals surface area contributed by atoms with E-state index in [4.69, 9.17) is 25.8 Å². The molecule has 0 aliphatic carbocycles. The van der Waals surface area contributed by atoms with Gasteiger partial charge in [-0.2, -0.15) is 0 Å². The summed E-state index contributed by atoms with van der Waals surface area (Å²) in [6.45, 7) is 5.75. The summed E-state index contributed by atoms with van der Waals surface area (Å²) in [6.07, 6.45) is 1.67. The van der Waals surface area contributed by atoms with Crippen molar-refractivity contribution in [1.29, 1.82) is 0 Å². The van der Waals surface area contributed by atoms with Gasteiger partial charge in [0, 0.05) is 24.2 Å². The molecular weight excluding hydrogens is 606 g/mol. The number of rotatable bonds is 16. The Morgan fingerprint density at radius 1 is 0.955 bits per heavy atom. The number of sulfonamides is 1. The first-order chi connectivity index (χ1) is 21.1. The summed E-state index contributed by atoms with van der Waals surface area (Å²) in [7, 11) is -1.47. The van der Waals surface area contributed by atoms with Crippen LogP contribution in [0.1, 0.15) is 39.2 Å². The Morgan fingerprint density at radius 3 is 2.25 bits per heavy atom. The van der Waals surface area contributed by atoms with Crippen molar-refractivity contribution >= 4 is 39.1 Å². The Kier molecular flexibility index (Phi) is 12.7. The summed E-state index contributed by atoms with van der Waals surface area (Å²) in [6, 6.07) is 16.7. The molecule has 0 unspecified atom stereocenters. The van der Waals surface area contributed by atoms with Crippen molar-refractivity contribution in [2.45, 2.75) is 51.1 Å². The van der Waals surface area contributed by atoms with E-state index in [-0.39, 0.29) is 28.8 Å². The number of carbonyl (C=O) groups excluding carboxylic acids is 2. The number of ether oxygens (including phenoxy) is 3. The Balaban J connectivity index is 2.07. The molecule has 44 heavy (non-hydrogen) atoms. The number of halogens is 1. The van der Waals surface area contributed by atoms with Crippen LogP contribution in [0, 0.1) is 0 Å². The summed E-state index contributed by atoms with van der Waals surface area (Å²) in [4.78, 5) is 28.5. The third-order valence-corrected chi connectivity index (χ3v) is 9.09. The molecule has 0 aliphatic heterocycles. The van der Waals surface area contributed by atoms with Crippen molar-refractivity contribution in [1.82, 2.24) is 10.2 Å². The summed E-state index contributed by atoms with van der Waals surface area (Å²) < 4.78 is 45.5. The Morgan fingerprint density at radius 2 is 1.64 bits per heavy atom. The summed E-state index contributed by atoms with van der Waals surface area (Å²) in [5.74, 6) is 0.159. The molecule has 0 aromatic heterocycles. The minimum absolute atomic E-state index is 0.00556. The lowest BCUT2D eigenvalue weighted by Crippen LogP contribution is -2.51. The molecule has 3 aromatic carbocycles. The van der Waals surface area contributed by atoms with Gasteiger partial charge in [0.1, 0.15) is 18.3 Å². The van der Waals surface area contributed by atoms with Gasteiger partial charge < -0.3 is 24.4 Å². The maximum Gasteiger partial charge on any atom is 0.264 e. The second-order valence-corrected chi connectivity index (χ2v) is 12.2. The molecule has 1 N–H and O–H groups in total. The maximum atomic E-state index is 14.2. The van der Waals surface area contributed by atoms with E-state index in [1.165, 1.54) is 37.3 Å². The van der Waals surface area contributed by atoms with Crippen molar-refractivity contribution in [3.05, 3.63) is 77.3 Å². The lowest BCUT2D eigenvalue weighted by Gasteiger charge is -2.32. The van der Waals surface area contributed by atoms with Gasteiger partial charge in [0.05, 0.1) is 31.4 Å². The van der Waals surface area contributed by atoms with Crippen LogP contribution in [-0.4, -0.2) is 65.1 Å². The standard InChI is InChI=1S/C32H40ClN3O7S/c1-6-8-19-34-32(38)23(3)35(21-24-11-9-10-12-28(24)33)31(37)22-36(25-13-15-26(16-14-25)43-7-2)44(39,40)27-17-18-29(41-4)30(20-27)42-5/h9-18,20,23H,6-8,19,21-22H2,1-5H3,(H,34,38)/t23-/m0/s1. The summed E-state index contributed by atoms with van der Waals surface area (Å²) >= 11 is 6.43. The van der Waals surface area contributed by atoms with Crippen LogP contribution in [0.5, 0.6) is 17.2 Å². The smallest absolute Gasteiger partial charge is 0.264 e. The number of hydrogen-bond acceptors (Lipinski definition) is 7. The fourth-order valence-corrected chi connectivity index (χ4v) is 6.06. The molecule has 0 heterocycles. The number of methoxy groups -OCH3 is 2. The van der Waals surface area contributed by atoms with Gasteiger partial charge in [-0.3, -0.25) is 13.9 Å². The number of unbranched alkanes of at least 4 members (excludes halogenated alkanes) is 1. The molecule has 3 rings (SSSR count). The van der Waals surface area contributed by atoms with Crippen molar-refractivity contribution in [2.75, 3.05) is 38.2 Å². The molecule has 238 valence electrons. The van der Waals surface area contributed by atoms with E-state index in [0.29, 0.717) is 35.2 Å². The van der Waals surface area contributed by atoms with Crippen molar-refractivity contribution in [2.24, 2.45) is 0 Å². The van der Waals surface area contributed by atoms with Gasteiger partial charge in [0.25, 0.3) is 10.0 Å². The zero-order valence-corrected chi connectivity index (χ0v) is 27.3. The van der Waals surface area contributed by atoms with Crippen LogP contribution < -0.4 is 23.8 Å². The average Bonchev–Trinajstić information content (AvgIpc) is 3.03. The summed E-state index contributed by atoms with van der Waals surface area (Å²) in [5, 5.41) is 3.29. The molecule has 0 aliphatic rings. The van der Waals surface area contributed by atoms with Crippen LogP contribution in [0.25, 0.3) is 0 Å². The highest BCUT2D eigenvalue weighted by atomic mass is 35.5. The van der Waals surface area contributed by atoms with E-state index in [1.807, 2.05) is 13.8 Å². The molecule has 0 spiro atoms. The number of nitrogens with one attached hydrogen (secondary N) is 1. The number of carbonyl (C=O) groups is 2. The fraction of sp³-hybridized carbons (Fsp3) is 0.375. The Labute approximate surface area is 264 Å². The third-order valence-electron chi connectivity index (χ3n) is 6.95. The fourth-order valence-electron chi connectivity index (χ4n) is 4.44. The van der Waals surface area contributed by atoms with Crippen molar-refractivity contribution < 1.29 is 32.2 Å². The highest BCUT2D eigenvalue weighted by Gasteiger charge is 2.33. The zero-order valence-electron chi connectivity index (χ0n) is 25.7. The topological polar surface area (TPSA) is 114 Å². The quantitative estimate of drug-likeness (QED) is 0.211. The van der Waals surface area contributed by atoms with Gasteiger partial charge in [-0.25, -0.2) is 8.42 Å². The van der Waals surface area contributed by atoms with Gasteiger partial charge in [0.15, 0.2) is 11.5 Å². The molecular formula is C32H40ClN3O7S. The SMILES string of the molecule is CCCCNC(=O)[C@H](C)N(Cc1ccccc1Cl)C(=O)CN(c1ccc(OCC)cc1)S(=O)(=O)c1ccc(OC)c(OC)c1. The molecule has 12 heteroatoms. The first kappa shape index (κ1) is 34.5. The lowest BCUT2D eigenvalue weighted by atomic mass is 10.1. The molecule has 2 amide bonds. The monoisotopic (exact) mass is 645 g/mol. The van der Waals surface area contributed by atoms with Crippen LogP contribution in [0.3, 0.4) is 0 Å². The molecule has 0 saturated carbocycles. The predicted molar refractivity (Wildman–Crippen MR) is 171 cm³/mol. The Bertz CT molecular complexity index is 1520. The Hall–Kier alpha value is -3.96. The molecule has 0 saturated heterocycles. The first-order valence-electron chi connectivity index (χ1n) is 14.4. The normalized spacial score (nSPS) is 11.8. The van der Waals surface area contributed by atoms with E-state index in [0.717, 1.165) is 17.1 Å². The van der Waals surface area contributed by atoms with Crippen molar-refractivity contribution in [3.63, 3.8) is 0 Å². The lowest BCUT2D eigenvalue weighted by molar-refractivity contribution is -0.139. The van der Waals surface area contributed by atoms with E-state index in [1.54, 1.807) is 55.5 Å². The van der Waals surface area contributed by atoms with Crippen LogP contribution >= 0.6 is 11.6 Å². The second kappa shape index (κ2) is 16.2. The number of benzene rings is 3. The van der Waals surface area contributed by atoms with Gasteiger partial charge in [-0.1, -0.05) is 43.1 Å². The van der Waals surface area contributed by atoms with Crippen LogP contribution in [0.4, 0.5) is 5.69 Å². The minimum Gasteiger partial charge on any atom is -0.494 e.